The van der Waals surface area contributed by atoms with Gasteiger partial charge < -0.3 is 14.6 Å². The summed E-state index contributed by atoms with van der Waals surface area (Å²) in [6.45, 7) is 1.03. The molecule has 2 atom stereocenters. The van der Waals surface area contributed by atoms with Crippen molar-refractivity contribution in [2.24, 2.45) is 0 Å². The monoisotopic (exact) mass is 299 g/mol. The van der Waals surface area contributed by atoms with Gasteiger partial charge in [0.25, 0.3) is 0 Å². The van der Waals surface area contributed by atoms with Crippen LogP contribution in [0.4, 0.5) is 0 Å². The topological polar surface area (TPSA) is 30.5 Å². The van der Waals surface area contributed by atoms with Crippen LogP contribution in [0.2, 0.25) is 0 Å². The quantitative estimate of drug-likeness (QED) is 0.863. The van der Waals surface area contributed by atoms with E-state index in [1.165, 1.54) is 27.8 Å². The third kappa shape index (κ3) is 1.96. The van der Waals surface area contributed by atoms with Crippen LogP contribution in [0.3, 0.4) is 0 Å². The molecule has 0 fully saturated rings. The van der Waals surface area contributed by atoms with Gasteiger partial charge in [0.2, 0.25) is 0 Å². The highest BCUT2D eigenvalue weighted by Crippen LogP contribution is 2.47. The molecule has 1 aliphatic heterocycles. The Kier molecular flexibility index (Phi) is 3.13. The van der Waals surface area contributed by atoms with Gasteiger partial charge in [-0.05, 0) is 59.8 Å². The molecule has 2 aromatic carbocycles. The summed E-state index contributed by atoms with van der Waals surface area (Å²) in [6, 6.07) is 11.0. The molecule has 0 saturated heterocycles. The Labute approximate surface area is 126 Å². The maximum absolute atomic E-state index is 5.53. The molecule has 4 rings (SSSR count). The SMILES string of the molecule is COc1cc2c3c(c1)-c1c(cccc1OP)CC3NCC2. The number of fused-ring (bicyclic) bond motifs is 2. The number of hydrogen-bond donors (Lipinski definition) is 1. The number of benzene rings is 2. The van der Waals surface area contributed by atoms with Crippen LogP contribution in [0.1, 0.15) is 22.7 Å². The molecule has 2 unspecified atom stereocenters. The minimum Gasteiger partial charge on any atom is -0.497 e. The number of hydrogen-bond acceptors (Lipinski definition) is 3. The van der Waals surface area contributed by atoms with Gasteiger partial charge in [0, 0.05) is 11.6 Å². The molecule has 1 N–H and O–H groups in total. The molecule has 0 bridgehead atoms. The van der Waals surface area contributed by atoms with Gasteiger partial charge in [-0.15, -0.1) is 0 Å². The fourth-order valence-electron chi connectivity index (χ4n) is 3.66. The van der Waals surface area contributed by atoms with Crippen LogP contribution in [-0.4, -0.2) is 13.7 Å². The number of nitrogens with one attached hydrogen (secondary N) is 1. The van der Waals surface area contributed by atoms with Gasteiger partial charge in [0.05, 0.1) is 16.6 Å². The van der Waals surface area contributed by atoms with Crippen molar-refractivity contribution in [3.63, 3.8) is 0 Å². The van der Waals surface area contributed by atoms with Crippen LogP contribution >= 0.6 is 9.47 Å². The first-order valence-electron chi connectivity index (χ1n) is 7.25. The molecular formula is C17H18NO2P. The fraction of sp³-hybridized carbons (Fsp3) is 0.294. The van der Waals surface area contributed by atoms with Gasteiger partial charge in [-0.3, -0.25) is 0 Å². The Hall–Kier alpha value is -1.57. The van der Waals surface area contributed by atoms with Gasteiger partial charge >= 0.3 is 0 Å². The molecule has 0 radical (unpaired) electrons. The van der Waals surface area contributed by atoms with Crippen molar-refractivity contribution in [2.45, 2.75) is 18.9 Å². The summed E-state index contributed by atoms with van der Waals surface area (Å²) in [6.07, 6.45) is 2.07. The van der Waals surface area contributed by atoms with Crippen LogP contribution in [0, 0.1) is 0 Å². The van der Waals surface area contributed by atoms with Crippen molar-refractivity contribution in [3.8, 4) is 22.6 Å². The lowest BCUT2D eigenvalue weighted by Crippen LogP contribution is -2.33. The summed E-state index contributed by atoms with van der Waals surface area (Å²) in [7, 11) is 4.10. The minimum atomic E-state index is 0.405. The maximum atomic E-state index is 5.53. The smallest absolute Gasteiger partial charge is 0.130 e. The fourth-order valence-corrected chi connectivity index (χ4v) is 3.85. The van der Waals surface area contributed by atoms with E-state index in [1.807, 2.05) is 6.07 Å². The van der Waals surface area contributed by atoms with E-state index in [0.29, 0.717) is 6.04 Å². The lowest BCUT2D eigenvalue weighted by atomic mass is 9.77. The molecule has 2 aliphatic rings. The number of methoxy groups -OCH3 is 1. The van der Waals surface area contributed by atoms with Crippen LogP contribution in [0.5, 0.6) is 11.5 Å². The van der Waals surface area contributed by atoms with Crippen molar-refractivity contribution in [2.75, 3.05) is 13.7 Å². The van der Waals surface area contributed by atoms with Crippen molar-refractivity contribution >= 4 is 9.47 Å². The summed E-state index contributed by atoms with van der Waals surface area (Å²) in [4.78, 5) is 0. The molecule has 1 heterocycles. The summed E-state index contributed by atoms with van der Waals surface area (Å²) in [5.74, 6) is 1.84. The van der Waals surface area contributed by atoms with Crippen LogP contribution in [-0.2, 0) is 12.8 Å². The molecule has 0 amide bonds. The molecule has 21 heavy (non-hydrogen) atoms. The van der Waals surface area contributed by atoms with E-state index in [2.05, 4.69) is 39.0 Å². The van der Waals surface area contributed by atoms with Crippen molar-refractivity contribution in [1.82, 2.24) is 5.32 Å². The molecular weight excluding hydrogens is 281 g/mol. The Morgan fingerprint density at radius 3 is 2.95 bits per heavy atom. The predicted octanol–water partition coefficient (Wildman–Crippen LogP) is 3.27. The van der Waals surface area contributed by atoms with Crippen LogP contribution < -0.4 is 14.6 Å². The van der Waals surface area contributed by atoms with E-state index in [4.69, 9.17) is 9.26 Å². The Balaban J connectivity index is 2.04. The molecule has 4 heteroatoms. The molecule has 0 saturated carbocycles. The van der Waals surface area contributed by atoms with E-state index in [9.17, 15) is 0 Å². The summed E-state index contributed by atoms with van der Waals surface area (Å²) in [5, 5.41) is 3.65. The van der Waals surface area contributed by atoms with E-state index in [0.717, 1.165) is 30.9 Å². The lowest BCUT2D eigenvalue weighted by molar-refractivity contribution is 0.412. The van der Waals surface area contributed by atoms with Gasteiger partial charge in [0.15, 0.2) is 0 Å². The summed E-state index contributed by atoms with van der Waals surface area (Å²) >= 11 is 0. The maximum Gasteiger partial charge on any atom is 0.130 e. The summed E-state index contributed by atoms with van der Waals surface area (Å²) < 4.78 is 11.0. The van der Waals surface area contributed by atoms with E-state index in [1.54, 1.807) is 7.11 Å². The van der Waals surface area contributed by atoms with Crippen molar-refractivity contribution < 1.29 is 9.26 Å². The second-order valence-electron chi connectivity index (χ2n) is 5.62. The second kappa shape index (κ2) is 5.01. The molecule has 2 aromatic rings. The average molecular weight is 299 g/mol. The average Bonchev–Trinajstić information content (AvgIpc) is 2.54. The van der Waals surface area contributed by atoms with Gasteiger partial charge in [-0.25, -0.2) is 0 Å². The highest BCUT2D eigenvalue weighted by molar-refractivity contribution is 7.10. The molecule has 108 valence electrons. The third-order valence-electron chi connectivity index (χ3n) is 4.54. The molecule has 1 aliphatic carbocycles. The zero-order valence-corrected chi connectivity index (χ0v) is 13.1. The van der Waals surface area contributed by atoms with Crippen molar-refractivity contribution in [3.05, 3.63) is 47.0 Å². The largest absolute Gasteiger partial charge is 0.497 e. The molecule has 0 spiro atoms. The Morgan fingerprint density at radius 1 is 1.24 bits per heavy atom. The first kappa shape index (κ1) is 13.1. The van der Waals surface area contributed by atoms with Gasteiger partial charge in [-0.2, -0.15) is 0 Å². The zero-order valence-electron chi connectivity index (χ0n) is 12.0. The first-order chi connectivity index (χ1) is 10.3. The normalized spacial score (nSPS) is 18.7. The summed E-state index contributed by atoms with van der Waals surface area (Å²) in [5.41, 5.74) is 6.62. The standard InChI is InChI=1S/C17H18NO2P/c1-19-12-7-11-5-6-18-14-8-10-3-2-4-15(20-21)17(10)13(9-12)16(11)14/h2-4,7,9,14,18H,5-6,8,21H2,1H3. The lowest BCUT2D eigenvalue weighted by Gasteiger charge is -2.35. The third-order valence-corrected chi connectivity index (χ3v) is 4.80. The highest BCUT2D eigenvalue weighted by Gasteiger charge is 2.31. The van der Waals surface area contributed by atoms with Crippen LogP contribution in [0.25, 0.3) is 11.1 Å². The van der Waals surface area contributed by atoms with Crippen LogP contribution in [0.15, 0.2) is 30.3 Å². The van der Waals surface area contributed by atoms with Crippen molar-refractivity contribution in [1.29, 1.82) is 0 Å². The molecule has 0 aromatic heterocycles. The van der Waals surface area contributed by atoms with Gasteiger partial charge in [-0.1, -0.05) is 12.1 Å². The van der Waals surface area contributed by atoms with Gasteiger partial charge in [0.1, 0.15) is 11.5 Å². The Bertz CT molecular complexity index is 714. The first-order valence-corrected chi connectivity index (χ1v) is 7.72. The number of rotatable bonds is 2. The minimum absolute atomic E-state index is 0.405. The Morgan fingerprint density at radius 2 is 2.14 bits per heavy atom. The van der Waals surface area contributed by atoms with E-state index in [-0.39, 0.29) is 0 Å². The van der Waals surface area contributed by atoms with E-state index >= 15 is 0 Å². The number of ether oxygens (including phenoxy) is 1. The second-order valence-corrected chi connectivity index (χ2v) is 5.85. The zero-order chi connectivity index (χ0) is 14.4. The highest BCUT2D eigenvalue weighted by atomic mass is 31.0. The predicted molar refractivity (Wildman–Crippen MR) is 86.9 cm³/mol. The van der Waals surface area contributed by atoms with E-state index < -0.39 is 0 Å². The molecule has 3 nitrogen and oxygen atoms in total.